The van der Waals surface area contributed by atoms with E-state index in [0.717, 1.165) is 12.3 Å². The van der Waals surface area contributed by atoms with Crippen molar-refractivity contribution in [1.29, 1.82) is 0 Å². The van der Waals surface area contributed by atoms with E-state index >= 15 is 0 Å². The molecule has 0 unspecified atom stereocenters. The van der Waals surface area contributed by atoms with Crippen molar-refractivity contribution in [2.24, 2.45) is 10.7 Å². The Morgan fingerprint density at radius 2 is 2.00 bits per heavy atom. The number of allylic oxidation sites excluding steroid dienone is 1. The quantitative estimate of drug-likeness (QED) is 0.547. The number of carbonyl (C=O) groups excluding carboxylic acids is 1. The second-order valence-corrected chi connectivity index (χ2v) is 8.07. The predicted molar refractivity (Wildman–Crippen MR) is 125 cm³/mol. The van der Waals surface area contributed by atoms with Gasteiger partial charge >= 0.3 is 6.18 Å². The molecule has 0 radical (unpaired) electrons. The second-order valence-electron chi connectivity index (χ2n) is 8.07. The van der Waals surface area contributed by atoms with Gasteiger partial charge in [-0.1, -0.05) is 6.07 Å². The molecule has 0 bridgehead atoms. The fourth-order valence-corrected chi connectivity index (χ4v) is 3.34. The molecule has 9 nitrogen and oxygen atoms in total. The zero-order chi connectivity index (χ0) is 25.2. The van der Waals surface area contributed by atoms with Crippen molar-refractivity contribution in [2.75, 3.05) is 29.1 Å². The molecule has 3 rings (SSSR count). The topological polar surface area (TPSA) is 121 Å². The molecule has 1 amide bonds. The van der Waals surface area contributed by atoms with Crippen LogP contribution in [0.1, 0.15) is 37.7 Å². The molecule has 0 aliphatic carbocycles. The highest BCUT2D eigenvalue weighted by Crippen LogP contribution is 2.32. The lowest BCUT2D eigenvalue weighted by Gasteiger charge is -2.32. The fourth-order valence-electron chi connectivity index (χ4n) is 3.34. The number of hydrogen-bond donors (Lipinski definition) is 3. The van der Waals surface area contributed by atoms with Crippen LogP contribution in [0.4, 0.5) is 30.6 Å². The third kappa shape index (κ3) is 5.43. The Balaban J connectivity index is 1.73. The number of aliphatic imine (C=N–C) groups is 1. The van der Waals surface area contributed by atoms with Crippen molar-refractivity contribution >= 4 is 29.1 Å². The van der Waals surface area contributed by atoms with E-state index < -0.39 is 11.9 Å². The summed E-state index contributed by atoms with van der Waals surface area (Å²) in [6.45, 7) is 7.52. The van der Waals surface area contributed by atoms with Crippen LogP contribution < -0.4 is 21.3 Å². The Hall–Kier alpha value is -3.70. The maximum absolute atomic E-state index is 12.7. The Morgan fingerprint density at radius 3 is 2.59 bits per heavy atom. The van der Waals surface area contributed by atoms with Crippen LogP contribution >= 0.6 is 0 Å². The molecule has 0 saturated carbocycles. The van der Waals surface area contributed by atoms with E-state index in [2.05, 4.69) is 30.6 Å². The lowest BCUT2D eigenvalue weighted by Crippen LogP contribution is -2.44. The van der Waals surface area contributed by atoms with Crippen molar-refractivity contribution in [1.82, 2.24) is 15.0 Å². The zero-order valence-electron chi connectivity index (χ0n) is 19.6. The number of likely N-dealkylation sites (N-methyl/N-ethyl adjacent to an activating group) is 1. The number of nitrogens with two attached hydrogens (primary N) is 1. The van der Waals surface area contributed by atoms with Crippen LogP contribution in [0.15, 0.2) is 34.6 Å². The van der Waals surface area contributed by atoms with Gasteiger partial charge < -0.3 is 21.3 Å². The molecule has 12 heteroatoms. The van der Waals surface area contributed by atoms with E-state index in [9.17, 15) is 18.0 Å². The van der Waals surface area contributed by atoms with Gasteiger partial charge in [0.25, 0.3) is 0 Å². The first-order valence-corrected chi connectivity index (χ1v) is 10.5. The monoisotopic (exact) mass is 476 g/mol. The number of nitrogens with one attached hydrogen (secondary N) is 2. The maximum atomic E-state index is 12.7. The third-order valence-electron chi connectivity index (χ3n) is 5.56. The van der Waals surface area contributed by atoms with Crippen molar-refractivity contribution in [3.05, 3.63) is 46.6 Å². The Labute approximate surface area is 195 Å². The maximum Gasteiger partial charge on any atom is 0.433 e. The van der Waals surface area contributed by atoms with Crippen molar-refractivity contribution < 1.29 is 18.0 Å². The number of amides is 1. The summed E-state index contributed by atoms with van der Waals surface area (Å²) in [4.78, 5) is 30.7. The zero-order valence-corrected chi connectivity index (χ0v) is 19.6. The number of aryl methyl sites for hydroxylation is 1. The van der Waals surface area contributed by atoms with Gasteiger partial charge in [0.15, 0.2) is 5.82 Å². The van der Waals surface area contributed by atoms with Gasteiger partial charge in [0.05, 0.1) is 12.2 Å². The molecule has 0 aromatic carbocycles. The number of fused-ring (bicyclic) bond motifs is 1. The summed E-state index contributed by atoms with van der Waals surface area (Å²) in [5.41, 5.74) is 8.73. The average molecular weight is 477 g/mol. The number of rotatable bonds is 6. The summed E-state index contributed by atoms with van der Waals surface area (Å²) in [6, 6.07) is 1.91. The predicted octanol–water partition coefficient (Wildman–Crippen LogP) is 3.28. The molecule has 2 aromatic rings. The highest BCUT2D eigenvalue weighted by molar-refractivity contribution is 6.03. The average Bonchev–Trinajstić information content (AvgIpc) is 2.76. The molecule has 2 aromatic heterocycles. The first kappa shape index (κ1) is 24.9. The number of carbonyl (C=O) groups is 1. The minimum atomic E-state index is -4.48. The van der Waals surface area contributed by atoms with Crippen LogP contribution in [-0.2, 0) is 17.5 Å². The number of hydrogen-bond acceptors (Lipinski definition) is 8. The molecule has 1 atom stereocenters. The van der Waals surface area contributed by atoms with Gasteiger partial charge in [0.1, 0.15) is 17.4 Å². The number of aromatic nitrogens is 3. The summed E-state index contributed by atoms with van der Waals surface area (Å²) in [7, 11) is 1.79. The van der Waals surface area contributed by atoms with Gasteiger partial charge in [-0.3, -0.25) is 14.8 Å². The van der Waals surface area contributed by atoms with Crippen LogP contribution in [0.25, 0.3) is 0 Å². The normalized spacial score (nSPS) is 17.2. The van der Waals surface area contributed by atoms with Crippen LogP contribution in [0.3, 0.4) is 0 Å². The van der Waals surface area contributed by atoms with Crippen molar-refractivity contribution in [3.63, 3.8) is 0 Å². The smallest absolute Gasteiger partial charge is 0.402 e. The molecule has 0 spiro atoms. The van der Waals surface area contributed by atoms with E-state index in [4.69, 9.17) is 5.73 Å². The molecule has 1 aliphatic rings. The minimum Gasteiger partial charge on any atom is -0.402 e. The number of halogens is 3. The van der Waals surface area contributed by atoms with Gasteiger partial charge in [-0.05, 0) is 39.3 Å². The molecule has 34 heavy (non-hydrogen) atoms. The summed E-state index contributed by atoms with van der Waals surface area (Å²) >= 11 is 0. The van der Waals surface area contributed by atoms with Gasteiger partial charge in [-0.2, -0.15) is 18.2 Å². The Bertz CT molecular complexity index is 1140. The molecule has 3 heterocycles. The van der Waals surface area contributed by atoms with Crippen LogP contribution in [0.5, 0.6) is 0 Å². The molecule has 4 N–H and O–H groups in total. The van der Waals surface area contributed by atoms with Gasteiger partial charge in [-0.15, -0.1) is 0 Å². The van der Waals surface area contributed by atoms with E-state index in [-0.39, 0.29) is 25.0 Å². The molecule has 0 saturated heterocycles. The highest BCUT2D eigenvalue weighted by Gasteiger charge is 2.32. The number of nitrogens with zero attached hydrogens (tertiary/aromatic N) is 5. The molecule has 182 valence electrons. The molecule has 0 fully saturated rings. The van der Waals surface area contributed by atoms with Crippen molar-refractivity contribution in [2.45, 2.75) is 46.5 Å². The minimum absolute atomic E-state index is 0.124. The van der Waals surface area contributed by atoms with E-state index in [1.165, 1.54) is 6.07 Å². The molecular formula is C22H27F3N8O. The first-order valence-electron chi connectivity index (χ1n) is 10.5. The Morgan fingerprint density at radius 1 is 1.29 bits per heavy atom. The lowest BCUT2D eigenvalue weighted by atomic mass is 10.1. The van der Waals surface area contributed by atoms with Crippen LogP contribution in [-0.4, -0.2) is 46.2 Å². The van der Waals surface area contributed by atoms with E-state index in [1.807, 2.05) is 0 Å². The third-order valence-corrected chi connectivity index (χ3v) is 5.56. The fraction of sp³-hybridized carbons (Fsp3) is 0.409. The van der Waals surface area contributed by atoms with Crippen molar-refractivity contribution in [3.8, 4) is 0 Å². The van der Waals surface area contributed by atoms with Gasteiger partial charge in [0, 0.05) is 36.8 Å². The van der Waals surface area contributed by atoms with Gasteiger partial charge in [0.2, 0.25) is 11.9 Å². The Kier molecular flexibility index (Phi) is 7.08. The SMILES string of the molecule is CC(=NCc1ccc(C(F)(F)F)nc1)C(CNc1nc(C)c2c(n1)N(C)[C@@H](C)C(=O)N2)=C(C)N. The number of alkyl halides is 3. The second kappa shape index (κ2) is 9.65. The van der Waals surface area contributed by atoms with E-state index in [1.54, 1.807) is 39.6 Å². The summed E-state index contributed by atoms with van der Waals surface area (Å²) in [5, 5.41) is 5.98. The summed E-state index contributed by atoms with van der Waals surface area (Å²) < 4.78 is 38.0. The highest BCUT2D eigenvalue weighted by atomic mass is 19.4. The molecule has 1 aliphatic heterocycles. The summed E-state index contributed by atoms with van der Waals surface area (Å²) in [6.07, 6.45) is -3.32. The lowest BCUT2D eigenvalue weighted by molar-refractivity contribution is -0.141. The summed E-state index contributed by atoms with van der Waals surface area (Å²) in [5.74, 6) is 0.851. The standard InChI is InChI=1S/C22H27F3N8O/c1-11(26)16(12(2)27-8-15-6-7-17(28-9-15)22(23,24)25)10-29-21-30-13(3)18-19(32-21)33(5)14(4)20(34)31-18/h6-7,9,14H,8,10,26H2,1-5H3,(H,31,34)(H,29,30,32)/t14-/m0/s1. The largest absolute Gasteiger partial charge is 0.433 e. The van der Waals surface area contributed by atoms with Crippen LogP contribution in [0, 0.1) is 6.92 Å². The van der Waals surface area contributed by atoms with E-state index in [0.29, 0.717) is 45.7 Å². The number of pyridine rings is 1. The van der Waals surface area contributed by atoms with Gasteiger partial charge in [-0.25, -0.2) is 4.98 Å². The van der Waals surface area contributed by atoms with Crippen LogP contribution in [0.2, 0.25) is 0 Å². The number of anilines is 3. The first-order chi connectivity index (χ1) is 15.9. The molecular weight excluding hydrogens is 449 g/mol.